The molecule has 0 aliphatic carbocycles. The molecule has 1 aromatic carbocycles. The van der Waals surface area contributed by atoms with Gasteiger partial charge < -0.3 is 20.1 Å². The third kappa shape index (κ3) is 4.24. The summed E-state index contributed by atoms with van der Waals surface area (Å²) in [5, 5.41) is 11.5. The van der Waals surface area contributed by atoms with Gasteiger partial charge in [-0.1, -0.05) is 19.1 Å². The predicted molar refractivity (Wildman–Crippen MR) is 86.4 cm³/mol. The molecule has 0 spiro atoms. The first-order valence-corrected chi connectivity index (χ1v) is 7.88. The summed E-state index contributed by atoms with van der Waals surface area (Å²) in [4.78, 5) is 36.9. The fourth-order valence-corrected chi connectivity index (χ4v) is 2.68. The van der Waals surface area contributed by atoms with Gasteiger partial charge in [0.25, 0.3) is 0 Å². The molecule has 2 unspecified atom stereocenters. The summed E-state index contributed by atoms with van der Waals surface area (Å²) >= 11 is 0. The average molecular weight is 334 g/mol. The van der Waals surface area contributed by atoms with E-state index < -0.39 is 17.9 Å². The summed E-state index contributed by atoms with van der Waals surface area (Å²) in [6.07, 6.45) is 0.412. The summed E-state index contributed by atoms with van der Waals surface area (Å²) in [5.74, 6) is -1.32. The molecule has 1 aromatic rings. The number of benzene rings is 1. The normalized spacial score (nSPS) is 18.3. The molecule has 0 saturated carbocycles. The van der Waals surface area contributed by atoms with E-state index in [2.05, 4.69) is 5.32 Å². The van der Waals surface area contributed by atoms with Crippen LogP contribution in [0, 0.1) is 5.92 Å². The fourth-order valence-electron chi connectivity index (χ4n) is 2.68. The number of amides is 2. The molecule has 1 saturated heterocycles. The Bertz CT molecular complexity index is 614. The van der Waals surface area contributed by atoms with E-state index in [1.165, 1.54) is 0 Å². The Morgan fingerprint density at radius 2 is 2.04 bits per heavy atom. The lowest BCUT2D eigenvalue weighted by Gasteiger charge is -2.18. The minimum Gasteiger partial charge on any atom is -0.497 e. The zero-order valence-corrected chi connectivity index (χ0v) is 13.8. The van der Waals surface area contributed by atoms with E-state index >= 15 is 0 Å². The lowest BCUT2D eigenvalue weighted by atomic mass is 10.1. The van der Waals surface area contributed by atoms with Crippen LogP contribution in [-0.2, 0) is 20.9 Å². The Kier molecular flexibility index (Phi) is 5.78. The van der Waals surface area contributed by atoms with E-state index in [0.717, 1.165) is 11.3 Å². The van der Waals surface area contributed by atoms with E-state index in [4.69, 9.17) is 9.84 Å². The Balaban J connectivity index is 1.94. The molecule has 1 heterocycles. The molecule has 24 heavy (non-hydrogen) atoms. The van der Waals surface area contributed by atoms with Gasteiger partial charge in [-0.2, -0.15) is 0 Å². The van der Waals surface area contributed by atoms with Gasteiger partial charge in [-0.05, 0) is 24.1 Å². The molecule has 2 rings (SSSR count). The van der Waals surface area contributed by atoms with E-state index in [1.54, 1.807) is 18.9 Å². The van der Waals surface area contributed by atoms with E-state index in [1.807, 2.05) is 24.3 Å². The van der Waals surface area contributed by atoms with Crippen LogP contribution in [0.3, 0.4) is 0 Å². The van der Waals surface area contributed by atoms with Crippen molar-refractivity contribution < 1.29 is 24.2 Å². The molecule has 7 nitrogen and oxygen atoms in total. The second kappa shape index (κ2) is 7.81. The van der Waals surface area contributed by atoms with Gasteiger partial charge in [0.1, 0.15) is 11.8 Å². The molecule has 1 fully saturated rings. The molecule has 2 amide bonds. The second-order valence-corrected chi connectivity index (χ2v) is 5.83. The molecule has 2 N–H and O–H groups in total. The highest BCUT2D eigenvalue weighted by atomic mass is 16.5. The van der Waals surface area contributed by atoms with Crippen LogP contribution < -0.4 is 10.1 Å². The van der Waals surface area contributed by atoms with Crippen LogP contribution in [0.4, 0.5) is 0 Å². The fraction of sp³-hybridized carbons (Fsp3) is 0.471. The van der Waals surface area contributed by atoms with Crippen molar-refractivity contribution in [2.45, 2.75) is 32.4 Å². The zero-order chi connectivity index (χ0) is 17.7. The number of nitrogens with zero attached hydrogens (tertiary/aromatic N) is 1. The molecule has 7 heteroatoms. The van der Waals surface area contributed by atoms with Gasteiger partial charge in [-0.3, -0.25) is 9.59 Å². The molecule has 1 aliphatic rings. The quantitative estimate of drug-likeness (QED) is 0.776. The highest BCUT2D eigenvalue weighted by Crippen LogP contribution is 2.21. The first kappa shape index (κ1) is 17.8. The Hall–Kier alpha value is -2.57. The molecule has 2 atom stereocenters. The van der Waals surface area contributed by atoms with Crippen molar-refractivity contribution in [3.8, 4) is 5.75 Å². The molecule has 0 radical (unpaired) electrons. The van der Waals surface area contributed by atoms with Gasteiger partial charge in [-0.25, -0.2) is 4.79 Å². The lowest BCUT2D eigenvalue weighted by Crippen LogP contribution is -2.43. The summed E-state index contributed by atoms with van der Waals surface area (Å²) in [7, 11) is 1.59. The number of carboxylic acid groups (broad SMARTS) is 1. The van der Waals surface area contributed by atoms with Crippen LogP contribution in [0.15, 0.2) is 24.3 Å². The molecular formula is C17H22N2O5. The predicted octanol–water partition coefficient (Wildman–Crippen LogP) is 1.02. The standard InChI is InChI=1S/C17H22N2O5/c1-3-14(17(22)23)18-16(21)12-8-15(20)19(10-12)9-11-4-6-13(24-2)7-5-11/h4-7,12,14H,3,8-10H2,1-2H3,(H,18,21)(H,22,23). The number of rotatable bonds is 7. The summed E-state index contributed by atoms with van der Waals surface area (Å²) < 4.78 is 5.09. The lowest BCUT2D eigenvalue weighted by molar-refractivity contribution is -0.142. The molecule has 0 aromatic heterocycles. The van der Waals surface area contributed by atoms with Crippen molar-refractivity contribution in [1.82, 2.24) is 10.2 Å². The Morgan fingerprint density at radius 1 is 1.38 bits per heavy atom. The van der Waals surface area contributed by atoms with Gasteiger partial charge in [0, 0.05) is 19.5 Å². The van der Waals surface area contributed by atoms with Gasteiger partial charge in [0.05, 0.1) is 13.0 Å². The highest BCUT2D eigenvalue weighted by Gasteiger charge is 2.35. The van der Waals surface area contributed by atoms with E-state index in [9.17, 15) is 14.4 Å². The van der Waals surface area contributed by atoms with Crippen molar-refractivity contribution >= 4 is 17.8 Å². The Labute approximate surface area is 140 Å². The molecule has 130 valence electrons. The molecule has 0 bridgehead atoms. The number of aliphatic carboxylic acids is 1. The number of hydrogen-bond acceptors (Lipinski definition) is 4. The zero-order valence-electron chi connectivity index (χ0n) is 13.8. The van der Waals surface area contributed by atoms with Crippen molar-refractivity contribution in [3.63, 3.8) is 0 Å². The average Bonchev–Trinajstić information content (AvgIpc) is 2.93. The number of carbonyl (C=O) groups is 3. The second-order valence-electron chi connectivity index (χ2n) is 5.83. The van der Waals surface area contributed by atoms with Gasteiger partial charge in [0.15, 0.2) is 0 Å². The number of hydrogen-bond donors (Lipinski definition) is 2. The van der Waals surface area contributed by atoms with Crippen LogP contribution in [0.25, 0.3) is 0 Å². The van der Waals surface area contributed by atoms with Crippen LogP contribution in [0.1, 0.15) is 25.3 Å². The van der Waals surface area contributed by atoms with Crippen LogP contribution >= 0.6 is 0 Å². The van der Waals surface area contributed by atoms with Gasteiger partial charge in [-0.15, -0.1) is 0 Å². The number of likely N-dealkylation sites (tertiary alicyclic amines) is 1. The van der Waals surface area contributed by atoms with Gasteiger partial charge >= 0.3 is 5.97 Å². The van der Waals surface area contributed by atoms with Crippen LogP contribution in [0.2, 0.25) is 0 Å². The van der Waals surface area contributed by atoms with E-state index in [-0.39, 0.29) is 18.2 Å². The summed E-state index contributed by atoms with van der Waals surface area (Å²) in [6.45, 7) is 2.41. The monoisotopic (exact) mass is 334 g/mol. The number of nitrogens with one attached hydrogen (secondary N) is 1. The SMILES string of the molecule is CCC(NC(=O)C1CC(=O)N(Cc2ccc(OC)cc2)C1)C(=O)O. The minimum atomic E-state index is -1.06. The molecular weight excluding hydrogens is 312 g/mol. The smallest absolute Gasteiger partial charge is 0.326 e. The number of carbonyl (C=O) groups excluding carboxylic acids is 2. The number of carboxylic acids is 1. The number of methoxy groups -OCH3 is 1. The summed E-state index contributed by atoms with van der Waals surface area (Å²) in [6, 6.07) is 6.47. The number of ether oxygens (including phenoxy) is 1. The van der Waals surface area contributed by atoms with Gasteiger partial charge in [0.2, 0.25) is 11.8 Å². The van der Waals surface area contributed by atoms with Crippen molar-refractivity contribution in [2.24, 2.45) is 5.92 Å². The van der Waals surface area contributed by atoms with Crippen LogP contribution in [0.5, 0.6) is 5.75 Å². The topological polar surface area (TPSA) is 95.9 Å². The first-order chi connectivity index (χ1) is 11.4. The highest BCUT2D eigenvalue weighted by molar-refractivity contribution is 5.91. The van der Waals surface area contributed by atoms with Crippen molar-refractivity contribution in [1.29, 1.82) is 0 Å². The largest absolute Gasteiger partial charge is 0.497 e. The molecule has 1 aliphatic heterocycles. The van der Waals surface area contributed by atoms with Crippen LogP contribution in [-0.4, -0.2) is 47.5 Å². The third-order valence-electron chi connectivity index (χ3n) is 4.14. The first-order valence-electron chi connectivity index (χ1n) is 7.88. The minimum absolute atomic E-state index is 0.102. The Morgan fingerprint density at radius 3 is 2.58 bits per heavy atom. The summed E-state index contributed by atoms with van der Waals surface area (Å²) in [5.41, 5.74) is 0.946. The maximum absolute atomic E-state index is 12.2. The van der Waals surface area contributed by atoms with E-state index in [0.29, 0.717) is 19.5 Å². The maximum atomic E-state index is 12.2. The third-order valence-corrected chi connectivity index (χ3v) is 4.14. The maximum Gasteiger partial charge on any atom is 0.326 e. The van der Waals surface area contributed by atoms with Crippen molar-refractivity contribution in [3.05, 3.63) is 29.8 Å². The van der Waals surface area contributed by atoms with Crippen molar-refractivity contribution in [2.75, 3.05) is 13.7 Å².